The Morgan fingerprint density at radius 2 is 1.88 bits per heavy atom. The molecule has 132 valence electrons. The molecule has 2 aromatic rings. The number of rotatable bonds is 5. The van der Waals surface area contributed by atoms with Crippen LogP contribution in [0.2, 0.25) is 5.02 Å². The largest absolute Gasteiger partial charge is 0.478 e. The van der Waals surface area contributed by atoms with Crippen molar-refractivity contribution in [1.29, 1.82) is 0 Å². The molecule has 1 aliphatic rings. The second-order valence-electron chi connectivity index (χ2n) is 6.63. The number of hydrogen-bond acceptors (Lipinski definition) is 4. The lowest BCUT2D eigenvalue weighted by Gasteiger charge is -2.42. The number of pyridine rings is 1. The fourth-order valence-electron chi connectivity index (χ4n) is 2.65. The van der Waals surface area contributed by atoms with Gasteiger partial charge in [-0.25, -0.2) is 4.98 Å². The van der Waals surface area contributed by atoms with Crippen LogP contribution in [0.15, 0.2) is 42.5 Å². The van der Waals surface area contributed by atoms with E-state index in [9.17, 15) is 4.79 Å². The summed E-state index contributed by atoms with van der Waals surface area (Å²) in [5.41, 5.74) is -0.0531. The lowest BCUT2D eigenvalue weighted by Crippen LogP contribution is -2.61. The Hall–Kier alpha value is -2.27. The fraction of sp³-hybridized carbons (Fsp3) is 0.368. The summed E-state index contributed by atoms with van der Waals surface area (Å²) < 4.78 is 11.6. The zero-order valence-electron chi connectivity index (χ0n) is 14.5. The minimum absolute atomic E-state index is 0.0374. The van der Waals surface area contributed by atoms with Gasteiger partial charge in [-0.05, 0) is 51.1 Å². The Kier molecular flexibility index (Phi) is 4.86. The lowest BCUT2D eigenvalue weighted by atomic mass is 10.0. The van der Waals surface area contributed by atoms with Crippen molar-refractivity contribution in [3.05, 3.63) is 53.2 Å². The number of hydrogen-bond donors (Lipinski definition) is 0. The van der Waals surface area contributed by atoms with Gasteiger partial charge in [0.25, 0.3) is 5.91 Å². The van der Waals surface area contributed by atoms with E-state index >= 15 is 0 Å². The van der Waals surface area contributed by atoms with Crippen LogP contribution in [0.3, 0.4) is 0 Å². The third-order valence-electron chi connectivity index (χ3n) is 3.99. The van der Waals surface area contributed by atoms with Gasteiger partial charge in [0.15, 0.2) is 5.60 Å². The van der Waals surface area contributed by atoms with Crippen molar-refractivity contribution in [1.82, 2.24) is 9.88 Å². The molecule has 1 aromatic carbocycles. The second kappa shape index (κ2) is 6.92. The van der Waals surface area contributed by atoms with E-state index in [1.807, 2.05) is 25.1 Å². The van der Waals surface area contributed by atoms with Gasteiger partial charge in [0.05, 0.1) is 13.1 Å². The van der Waals surface area contributed by atoms with Gasteiger partial charge in [-0.2, -0.15) is 0 Å². The van der Waals surface area contributed by atoms with Crippen LogP contribution in [-0.2, 0) is 4.79 Å². The summed E-state index contributed by atoms with van der Waals surface area (Å²) in [6.07, 6.45) is -0.0374. The van der Waals surface area contributed by atoms with Crippen LogP contribution in [0, 0.1) is 6.92 Å². The van der Waals surface area contributed by atoms with E-state index < -0.39 is 5.60 Å². The van der Waals surface area contributed by atoms with Gasteiger partial charge in [-0.15, -0.1) is 0 Å². The Bertz CT molecular complexity index is 756. The molecule has 6 heteroatoms. The van der Waals surface area contributed by atoms with Gasteiger partial charge in [0.2, 0.25) is 5.88 Å². The molecule has 1 fully saturated rings. The van der Waals surface area contributed by atoms with Gasteiger partial charge in [0.1, 0.15) is 11.9 Å². The summed E-state index contributed by atoms with van der Waals surface area (Å²) in [5, 5.41) is 0.629. The average Bonchev–Trinajstić information content (AvgIpc) is 2.52. The SMILES string of the molecule is Cc1cccc(OC2CN(C(=O)C(C)(C)Oc3ccc(Cl)cc3)C2)n1. The molecule has 25 heavy (non-hydrogen) atoms. The van der Waals surface area contributed by atoms with Crippen molar-refractivity contribution < 1.29 is 14.3 Å². The predicted octanol–water partition coefficient (Wildman–Crippen LogP) is 3.49. The van der Waals surface area contributed by atoms with Crippen LogP contribution in [0.4, 0.5) is 0 Å². The molecular formula is C19H21ClN2O3. The normalized spacial score (nSPS) is 14.8. The Morgan fingerprint density at radius 3 is 2.52 bits per heavy atom. The first-order valence-corrected chi connectivity index (χ1v) is 8.55. The molecule has 1 saturated heterocycles. The maximum absolute atomic E-state index is 12.7. The van der Waals surface area contributed by atoms with Crippen molar-refractivity contribution >= 4 is 17.5 Å². The quantitative estimate of drug-likeness (QED) is 0.819. The monoisotopic (exact) mass is 360 g/mol. The molecule has 3 rings (SSSR count). The summed E-state index contributed by atoms with van der Waals surface area (Å²) in [7, 11) is 0. The molecule has 0 atom stereocenters. The molecule has 0 unspecified atom stereocenters. The first-order valence-electron chi connectivity index (χ1n) is 8.18. The molecule has 1 aliphatic heterocycles. The number of carbonyl (C=O) groups is 1. The average molecular weight is 361 g/mol. The van der Waals surface area contributed by atoms with E-state index in [2.05, 4.69) is 4.98 Å². The van der Waals surface area contributed by atoms with Gasteiger partial charge >= 0.3 is 0 Å². The molecular weight excluding hydrogens is 340 g/mol. The van der Waals surface area contributed by atoms with E-state index in [1.165, 1.54) is 0 Å². The van der Waals surface area contributed by atoms with Crippen LogP contribution >= 0.6 is 11.6 Å². The smallest absolute Gasteiger partial charge is 0.266 e. The first kappa shape index (κ1) is 17.5. The molecule has 0 aliphatic carbocycles. The minimum atomic E-state index is -0.958. The molecule has 0 radical (unpaired) electrons. The number of benzene rings is 1. The Labute approximate surface area is 152 Å². The van der Waals surface area contributed by atoms with Crippen LogP contribution in [-0.4, -0.2) is 40.6 Å². The van der Waals surface area contributed by atoms with Gasteiger partial charge in [-0.1, -0.05) is 17.7 Å². The lowest BCUT2D eigenvalue weighted by molar-refractivity contribution is -0.154. The Balaban J connectivity index is 1.54. The van der Waals surface area contributed by atoms with Crippen molar-refractivity contribution in [2.75, 3.05) is 13.1 Å². The predicted molar refractivity (Wildman–Crippen MR) is 96.1 cm³/mol. The topological polar surface area (TPSA) is 51.7 Å². The van der Waals surface area contributed by atoms with E-state index in [0.717, 1.165) is 5.69 Å². The Morgan fingerprint density at radius 1 is 1.20 bits per heavy atom. The molecule has 0 N–H and O–H groups in total. The molecule has 2 heterocycles. The van der Waals surface area contributed by atoms with Gasteiger partial charge in [0, 0.05) is 16.8 Å². The number of ether oxygens (including phenoxy) is 2. The van der Waals surface area contributed by atoms with Crippen LogP contribution in [0.5, 0.6) is 11.6 Å². The summed E-state index contributed by atoms with van der Waals surface area (Å²) >= 11 is 5.87. The summed E-state index contributed by atoms with van der Waals surface area (Å²) in [6, 6.07) is 12.6. The van der Waals surface area contributed by atoms with Crippen LogP contribution in [0.25, 0.3) is 0 Å². The minimum Gasteiger partial charge on any atom is -0.478 e. The summed E-state index contributed by atoms with van der Waals surface area (Å²) in [5.74, 6) is 1.13. The maximum Gasteiger partial charge on any atom is 0.266 e. The third kappa shape index (κ3) is 4.23. The number of nitrogens with zero attached hydrogens (tertiary/aromatic N) is 2. The van der Waals surface area contributed by atoms with Crippen molar-refractivity contribution in [2.24, 2.45) is 0 Å². The molecule has 0 bridgehead atoms. The number of halogens is 1. The number of likely N-dealkylation sites (tertiary alicyclic amines) is 1. The van der Waals surface area contributed by atoms with Crippen molar-refractivity contribution in [2.45, 2.75) is 32.5 Å². The van der Waals surface area contributed by atoms with Crippen LogP contribution < -0.4 is 9.47 Å². The first-order chi connectivity index (χ1) is 11.8. The summed E-state index contributed by atoms with van der Waals surface area (Å²) in [6.45, 7) is 6.50. The standard InChI is InChI=1S/C19H21ClN2O3/c1-13-5-4-6-17(21-13)24-16-11-22(12-16)18(23)19(2,3)25-15-9-7-14(20)8-10-15/h4-10,16H,11-12H2,1-3H3. The molecule has 0 saturated carbocycles. The van der Waals surface area contributed by atoms with E-state index in [-0.39, 0.29) is 12.0 Å². The highest BCUT2D eigenvalue weighted by Crippen LogP contribution is 2.25. The molecule has 1 aromatic heterocycles. The third-order valence-corrected chi connectivity index (χ3v) is 4.24. The highest BCUT2D eigenvalue weighted by molar-refractivity contribution is 6.30. The highest BCUT2D eigenvalue weighted by Gasteiger charge is 2.41. The van der Waals surface area contributed by atoms with Gasteiger partial charge < -0.3 is 14.4 Å². The highest BCUT2D eigenvalue weighted by atomic mass is 35.5. The maximum atomic E-state index is 12.7. The number of amides is 1. The second-order valence-corrected chi connectivity index (χ2v) is 7.07. The van der Waals surface area contributed by atoms with E-state index in [1.54, 1.807) is 43.0 Å². The zero-order valence-corrected chi connectivity index (χ0v) is 15.3. The van der Waals surface area contributed by atoms with Crippen molar-refractivity contribution in [3.63, 3.8) is 0 Å². The fourth-order valence-corrected chi connectivity index (χ4v) is 2.78. The number of carbonyl (C=O) groups excluding carboxylic acids is 1. The number of aromatic nitrogens is 1. The molecule has 1 amide bonds. The number of aryl methyl sites for hydroxylation is 1. The van der Waals surface area contributed by atoms with Crippen LogP contribution in [0.1, 0.15) is 19.5 Å². The van der Waals surface area contributed by atoms with Crippen molar-refractivity contribution in [3.8, 4) is 11.6 Å². The molecule has 5 nitrogen and oxygen atoms in total. The zero-order chi connectivity index (χ0) is 18.0. The van der Waals surface area contributed by atoms with Gasteiger partial charge in [-0.3, -0.25) is 4.79 Å². The molecule has 0 spiro atoms. The van der Waals surface area contributed by atoms with E-state index in [0.29, 0.717) is 29.7 Å². The summed E-state index contributed by atoms with van der Waals surface area (Å²) in [4.78, 5) is 18.7. The van der Waals surface area contributed by atoms with E-state index in [4.69, 9.17) is 21.1 Å².